The van der Waals surface area contributed by atoms with Gasteiger partial charge in [0.15, 0.2) is 0 Å². The van der Waals surface area contributed by atoms with E-state index >= 15 is 0 Å². The zero-order chi connectivity index (χ0) is 21.9. The summed E-state index contributed by atoms with van der Waals surface area (Å²) in [7, 11) is 0. The van der Waals surface area contributed by atoms with Gasteiger partial charge in [-0.3, -0.25) is 25.2 Å². The molecular weight excluding hydrogens is 382 g/mol. The zero-order valence-electron chi connectivity index (χ0n) is 17.7. The lowest BCUT2D eigenvalue weighted by atomic mass is 10.2. The molecule has 3 amide bonds. The smallest absolute Gasteiger partial charge is 0.269 e. The summed E-state index contributed by atoms with van der Waals surface area (Å²) in [6.45, 7) is 6.03. The topological polar surface area (TPSA) is 96.5 Å². The van der Waals surface area contributed by atoms with Gasteiger partial charge in [-0.25, -0.2) is 0 Å². The molecule has 7 nitrogen and oxygen atoms in total. The fourth-order valence-corrected chi connectivity index (χ4v) is 2.52. The Labute approximate surface area is 177 Å². The van der Waals surface area contributed by atoms with Gasteiger partial charge in [0.2, 0.25) is 5.91 Å². The van der Waals surface area contributed by atoms with E-state index in [0.717, 1.165) is 19.3 Å². The second-order valence-corrected chi connectivity index (χ2v) is 7.00. The second kappa shape index (κ2) is 11.6. The summed E-state index contributed by atoms with van der Waals surface area (Å²) in [6.07, 6.45) is 3.24. The molecule has 3 N–H and O–H groups in total. The molecule has 0 radical (unpaired) electrons. The van der Waals surface area contributed by atoms with E-state index in [1.807, 2.05) is 20.8 Å². The highest BCUT2D eigenvalue weighted by Gasteiger charge is 2.10. The summed E-state index contributed by atoms with van der Waals surface area (Å²) in [5.74, 6) is -0.254. The molecule has 0 aliphatic heterocycles. The fraction of sp³-hybridized carbons (Fsp3) is 0.348. The maximum atomic E-state index is 12.2. The highest BCUT2D eigenvalue weighted by Crippen LogP contribution is 2.15. The van der Waals surface area contributed by atoms with Crippen molar-refractivity contribution in [3.05, 3.63) is 59.7 Å². The molecule has 7 heteroatoms. The maximum Gasteiger partial charge on any atom is 0.269 e. The minimum Gasteiger partial charge on any atom is -0.491 e. The van der Waals surface area contributed by atoms with Gasteiger partial charge in [0.25, 0.3) is 11.8 Å². The van der Waals surface area contributed by atoms with Crippen LogP contribution in [0.15, 0.2) is 48.5 Å². The number of unbranched alkanes of at least 4 members (excludes halogenated alkanes) is 1. The molecule has 0 spiro atoms. The Bertz CT molecular complexity index is 848. The molecular formula is C23H29N3O4. The monoisotopic (exact) mass is 411 g/mol. The molecule has 0 aromatic heterocycles. The van der Waals surface area contributed by atoms with Crippen molar-refractivity contribution in [2.45, 2.75) is 52.6 Å². The molecule has 0 bridgehead atoms. The first-order valence-corrected chi connectivity index (χ1v) is 10.2. The maximum absolute atomic E-state index is 12.2. The van der Waals surface area contributed by atoms with Crippen molar-refractivity contribution in [3.63, 3.8) is 0 Å². The Kier molecular flexibility index (Phi) is 8.87. The van der Waals surface area contributed by atoms with E-state index in [9.17, 15) is 14.4 Å². The quantitative estimate of drug-likeness (QED) is 0.542. The molecule has 0 aliphatic carbocycles. The third-order valence-electron chi connectivity index (χ3n) is 4.51. The minimum atomic E-state index is -0.455. The van der Waals surface area contributed by atoms with Crippen LogP contribution >= 0.6 is 0 Å². The molecule has 2 rings (SSSR count). The lowest BCUT2D eigenvalue weighted by Gasteiger charge is -2.13. The van der Waals surface area contributed by atoms with Crippen LogP contribution in [0.25, 0.3) is 0 Å². The van der Waals surface area contributed by atoms with Crippen LogP contribution in [0.4, 0.5) is 5.69 Å². The summed E-state index contributed by atoms with van der Waals surface area (Å²) in [4.78, 5) is 36.2. The summed E-state index contributed by atoms with van der Waals surface area (Å²) in [5.41, 5.74) is 6.16. The third-order valence-corrected chi connectivity index (χ3v) is 4.51. The lowest BCUT2D eigenvalue weighted by Crippen LogP contribution is -2.41. The number of anilines is 1. The molecule has 30 heavy (non-hydrogen) atoms. The average Bonchev–Trinajstić information content (AvgIpc) is 2.76. The van der Waals surface area contributed by atoms with E-state index in [0.29, 0.717) is 29.0 Å². The van der Waals surface area contributed by atoms with Crippen LogP contribution in [0, 0.1) is 0 Å². The predicted octanol–water partition coefficient (Wildman–Crippen LogP) is 4.07. The molecule has 0 heterocycles. The van der Waals surface area contributed by atoms with Gasteiger partial charge in [-0.05, 0) is 68.3 Å². The number of benzene rings is 2. The van der Waals surface area contributed by atoms with Crippen molar-refractivity contribution in [2.24, 2.45) is 0 Å². The molecule has 0 fully saturated rings. The predicted molar refractivity (Wildman–Crippen MR) is 116 cm³/mol. The van der Waals surface area contributed by atoms with Gasteiger partial charge in [-0.1, -0.05) is 20.3 Å². The number of amides is 3. The average molecular weight is 412 g/mol. The van der Waals surface area contributed by atoms with Gasteiger partial charge in [-0.2, -0.15) is 0 Å². The first-order chi connectivity index (χ1) is 14.4. The van der Waals surface area contributed by atoms with E-state index in [2.05, 4.69) is 16.2 Å². The van der Waals surface area contributed by atoms with Crippen molar-refractivity contribution in [1.29, 1.82) is 0 Å². The number of hydrogen-bond acceptors (Lipinski definition) is 4. The Morgan fingerprint density at radius 1 is 0.867 bits per heavy atom. The van der Waals surface area contributed by atoms with Crippen LogP contribution < -0.4 is 20.9 Å². The molecule has 1 atom stereocenters. The molecule has 2 aromatic rings. The molecule has 2 aromatic carbocycles. The first kappa shape index (κ1) is 22.9. The number of ether oxygens (including phenoxy) is 1. The number of carbonyl (C=O) groups is 3. The number of hydrazine groups is 1. The number of rotatable bonds is 9. The van der Waals surface area contributed by atoms with Crippen molar-refractivity contribution in [2.75, 3.05) is 5.32 Å². The Hall–Kier alpha value is -3.35. The van der Waals surface area contributed by atoms with Crippen molar-refractivity contribution in [1.82, 2.24) is 10.9 Å². The second-order valence-electron chi connectivity index (χ2n) is 7.00. The van der Waals surface area contributed by atoms with Gasteiger partial charge < -0.3 is 10.1 Å². The van der Waals surface area contributed by atoms with Crippen LogP contribution in [0.2, 0.25) is 0 Å². The largest absolute Gasteiger partial charge is 0.491 e. The summed E-state index contributed by atoms with van der Waals surface area (Å²) >= 11 is 0. The van der Waals surface area contributed by atoms with E-state index in [1.165, 1.54) is 0 Å². The van der Waals surface area contributed by atoms with Gasteiger partial charge in [0.05, 0.1) is 6.10 Å². The Morgan fingerprint density at radius 3 is 1.90 bits per heavy atom. The van der Waals surface area contributed by atoms with E-state index < -0.39 is 11.8 Å². The molecule has 0 aliphatic rings. The highest BCUT2D eigenvalue weighted by atomic mass is 16.5. The summed E-state index contributed by atoms with van der Waals surface area (Å²) in [6, 6.07) is 13.2. The molecule has 0 saturated heterocycles. The van der Waals surface area contributed by atoms with E-state index in [4.69, 9.17) is 4.74 Å². The zero-order valence-corrected chi connectivity index (χ0v) is 17.7. The van der Waals surface area contributed by atoms with E-state index in [-0.39, 0.29) is 12.0 Å². The van der Waals surface area contributed by atoms with Crippen molar-refractivity contribution in [3.8, 4) is 5.75 Å². The fourth-order valence-electron chi connectivity index (χ4n) is 2.52. The van der Waals surface area contributed by atoms with Crippen LogP contribution in [-0.2, 0) is 4.79 Å². The van der Waals surface area contributed by atoms with Gasteiger partial charge in [0, 0.05) is 23.2 Å². The van der Waals surface area contributed by atoms with Crippen LogP contribution in [0.1, 0.15) is 67.2 Å². The van der Waals surface area contributed by atoms with Gasteiger partial charge >= 0.3 is 0 Å². The minimum absolute atomic E-state index is 0.0538. The van der Waals surface area contributed by atoms with E-state index in [1.54, 1.807) is 48.5 Å². The number of hydrogen-bond donors (Lipinski definition) is 3. The summed E-state index contributed by atoms with van der Waals surface area (Å²) in [5, 5.41) is 2.78. The van der Waals surface area contributed by atoms with Crippen LogP contribution in [-0.4, -0.2) is 23.8 Å². The SMILES string of the molecule is CCCCC(=O)Nc1ccc(C(=O)NNC(=O)c2ccc(OC(C)CC)cc2)cc1. The highest BCUT2D eigenvalue weighted by molar-refractivity contribution is 5.99. The Morgan fingerprint density at radius 2 is 1.40 bits per heavy atom. The molecule has 1 unspecified atom stereocenters. The molecule has 160 valence electrons. The van der Waals surface area contributed by atoms with Gasteiger partial charge in [0.1, 0.15) is 5.75 Å². The van der Waals surface area contributed by atoms with Crippen LogP contribution in [0.5, 0.6) is 5.75 Å². The normalized spacial score (nSPS) is 11.3. The van der Waals surface area contributed by atoms with Crippen LogP contribution in [0.3, 0.4) is 0 Å². The van der Waals surface area contributed by atoms with Gasteiger partial charge in [-0.15, -0.1) is 0 Å². The van der Waals surface area contributed by atoms with Crippen molar-refractivity contribution < 1.29 is 19.1 Å². The third kappa shape index (κ3) is 7.24. The Balaban J connectivity index is 1.84. The number of nitrogens with one attached hydrogen (secondary N) is 3. The molecule has 0 saturated carbocycles. The number of carbonyl (C=O) groups excluding carboxylic acids is 3. The summed E-state index contributed by atoms with van der Waals surface area (Å²) < 4.78 is 5.68. The standard InChI is InChI=1S/C23H29N3O4/c1-4-6-7-21(27)24-19-12-8-17(9-13-19)22(28)25-26-23(29)18-10-14-20(15-11-18)30-16(3)5-2/h8-16H,4-7H2,1-3H3,(H,24,27)(H,25,28)(H,26,29). The lowest BCUT2D eigenvalue weighted by molar-refractivity contribution is -0.116. The van der Waals surface area contributed by atoms with Crippen molar-refractivity contribution >= 4 is 23.4 Å². The first-order valence-electron chi connectivity index (χ1n) is 10.2.